The Morgan fingerprint density at radius 3 is 2.63 bits per heavy atom. The number of hydrogen-bond acceptors (Lipinski definition) is 8. The summed E-state index contributed by atoms with van der Waals surface area (Å²) in [4.78, 5) is 23.4. The number of methoxy groups -OCH3 is 2. The first-order valence-corrected chi connectivity index (χ1v) is 9.24. The first-order valence-electron chi connectivity index (χ1n) is 8.25. The minimum atomic E-state index is -0.522. The molecule has 1 heterocycles. The van der Waals surface area contributed by atoms with Gasteiger partial charge in [0.2, 0.25) is 11.8 Å². The van der Waals surface area contributed by atoms with Gasteiger partial charge in [0.25, 0.3) is 5.22 Å². The van der Waals surface area contributed by atoms with Gasteiger partial charge in [0, 0.05) is 11.6 Å². The Kier molecular flexibility index (Phi) is 7.47. The van der Waals surface area contributed by atoms with Crippen molar-refractivity contribution < 1.29 is 23.5 Å². The van der Waals surface area contributed by atoms with Gasteiger partial charge in [-0.25, -0.2) is 4.79 Å². The number of imide groups is 1. The molecule has 146 valence electrons. The van der Waals surface area contributed by atoms with E-state index in [2.05, 4.69) is 20.8 Å². The van der Waals surface area contributed by atoms with Crippen LogP contribution in [0.1, 0.15) is 20.3 Å². The number of benzene rings is 1. The average molecular weight is 394 g/mol. The number of nitrogens with zero attached hydrogens (tertiary/aromatic N) is 2. The smallest absolute Gasteiger partial charge is 0.321 e. The van der Waals surface area contributed by atoms with E-state index in [1.165, 1.54) is 7.11 Å². The topological polar surface area (TPSA) is 116 Å². The first kappa shape index (κ1) is 20.6. The highest BCUT2D eigenvalue weighted by molar-refractivity contribution is 7.99. The third kappa shape index (κ3) is 5.88. The number of carbonyl (C=O) groups is 2. The lowest BCUT2D eigenvalue weighted by atomic mass is 10.2. The van der Waals surface area contributed by atoms with E-state index in [9.17, 15) is 9.59 Å². The van der Waals surface area contributed by atoms with Gasteiger partial charge >= 0.3 is 6.03 Å². The SMILES string of the molecule is CC[C@@H](C)NC(=O)NC(=O)CSc1nnc(-c2ccc(OC)c(OC)c2)o1. The summed E-state index contributed by atoms with van der Waals surface area (Å²) in [5.41, 5.74) is 0.657. The highest BCUT2D eigenvalue weighted by Gasteiger charge is 2.15. The van der Waals surface area contributed by atoms with Crippen molar-refractivity contribution in [3.8, 4) is 23.0 Å². The summed E-state index contributed by atoms with van der Waals surface area (Å²) in [7, 11) is 3.08. The number of rotatable bonds is 8. The van der Waals surface area contributed by atoms with Crippen molar-refractivity contribution in [1.29, 1.82) is 0 Å². The van der Waals surface area contributed by atoms with Crippen molar-refractivity contribution >= 4 is 23.7 Å². The number of amides is 3. The van der Waals surface area contributed by atoms with Gasteiger partial charge in [-0.2, -0.15) is 0 Å². The zero-order valence-corrected chi connectivity index (χ0v) is 16.4. The van der Waals surface area contributed by atoms with Crippen LogP contribution in [0.25, 0.3) is 11.5 Å². The Hall–Kier alpha value is -2.75. The van der Waals surface area contributed by atoms with E-state index in [0.717, 1.165) is 18.2 Å². The van der Waals surface area contributed by atoms with Crippen LogP contribution in [0.5, 0.6) is 11.5 Å². The lowest BCUT2D eigenvalue weighted by molar-refractivity contribution is -0.117. The number of thioether (sulfide) groups is 1. The van der Waals surface area contributed by atoms with Crippen molar-refractivity contribution in [3.63, 3.8) is 0 Å². The average Bonchev–Trinajstić information content (AvgIpc) is 3.14. The molecule has 1 aromatic carbocycles. The Morgan fingerprint density at radius 2 is 1.96 bits per heavy atom. The molecule has 10 heteroatoms. The van der Waals surface area contributed by atoms with E-state index >= 15 is 0 Å². The van der Waals surface area contributed by atoms with Crippen LogP contribution in [0, 0.1) is 0 Å². The summed E-state index contributed by atoms with van der Waals surface area (Å²) in [6.45, 7) is 3.79. The molecular weight excluding hydrogens is 372 g/mol. The maximum atomic E-state index is 11.8. The van der Waals surface area contributed by atoms with E-state index < -0.39 is 11.9 Å². The second-order valence-electron chi connectivity index (χ2n) is 5.56. The van der Waals surface area contributed by atoms with Crippen molar-refractivity contribution in [2.45, 2.75) is 31.5 Å². The number of hydrogen-bond donors (Lipinski definition) is 2. The summed E-state index contributed by atoms with van der Waals surface area (Å²) < 4.78 is 16.0. The van der Waals surface area contributed by atoms with Crippen LogP contribution in [0.3, 0.4) is 0 Å². The van der Waals surface area contributed by atoms with E-state index in [1.807, 2.05) is 13.8 Å². The second-order valence-corrected chi connectivity index (χ2v) is 6.49. The van der Waals surface area contributed by atoms with Gasteiger partial charge < -0.3 is 19.2 Å². The molecule has 0 bridgehead atoms. The molecule has 0 aliphatic carbocycles. The summed E-state index contributed by atoms with van der Waals surface area (Å²) in [5.74, 6) is 0.929. The van der Waals surface area contributed by atoms with Crippen LogP contribution < -0.4 is 20.1 Å². The second kappa shape index (κ2) is 9.81. The molecule has 2 rings (SSSR count). The highest BCUT2D eigenvalue weighted by atomic mass is 32.2. The highest BCUT2D eigenvalue weighted by Crippen LogP contribution is 2.32. The van der Waals surface area contributed by atoms with Crippen molar-refractivity contribution in [1.82, 2.24) is 20.8 Å². The largest absolute Gasteiger partial charge is 0.493 e. The van der Waals surface area contributed by atoms with Crippen LogP contribution in [-0.4, -0.2) is 48.1 Å². The fourth-order valence-corrected chi connectivity index (χ4v) is 2.57. The van der Waals surface area contributed by atoms with E-state index in [0.29, 0.717) is 17.1 Å². The number of carbonyl (C=O) groups excluding carboxylic acids is 2. The molecule has 27 heavy (non-hydrogen) atoms. The molecule has 2 aromatic rings. The molecule has 0 saturated heterocycles. The van der Waals surface area contributed by atoms with Crippen LogP contribution in [0.15, 0.2) is 27.8 Å². The Morgan fingerprint density at radius 1 is 1.22 bits per heavy atom. The summed E-state index contributed by atoms with van der Waals surface area (Å²) in [5, 5.41) is 13.0. The standard InChI is InChI=1S/C17H22N4O5S/c1-5-10(2)18-16(23)19-14(22)9-27-17-21-20-15(26-17)11-6-7-12(24-3)13(8-11)25-4/h6-8,10H,5,9H2,1-4H3,(H2,18,19,22,23)/t10-/m1/s1. The molecule has 2 N–H and O–H groups in total. The van der Waals surface area contributed by atoms with Gasteiger partial charge in [-0.05, 0) is 31.5 Å². The molecule has 0 radical (unpaired) electrons. The third-order valence-electron chi connectivity index (χ3n) is 3.61. The summed E-state index contributed by atoms with van der Waals surface area (Å²) in [6.07, 6.45) is 0.775. The zero-order valence-electron chi connectivity index (χ0n) is 15.6. The van der Waals surface area contributed by atoms with Crippen LogP contribution in [-0.2, 0) is 4.79 Å². The quantitative estimate of drug-likeness (QED) is 0.656. The number of aromatic nitrogens is 2. The molecule has 0 unspecified atom stereocenters. The Bertz CT molecular complexity index is 795. The molecule has 0 spiro atoms. The predicted molar refractivity (Wildman–Crippen MR) is 100.0 cm³/mol. The molecule has 0 aliphatic heterocycles. The molecule has 0 saturated carbocycles. The maximum absolute atomic E-state index is 11.8. The first-order chi connectivity index (χ1) is 13.0. The number of urea groups is 1. The Labute approximate surface area is 161 Å². The van der Waals surface area contributed by atoms with Gasteiger partial charge in [0.05, 0.1) is 20.0 Å². The fraction of sp³-hybridized carbons (Fsp3) is 0.412. The normalized spacial score (nSPS) is 11.6. The minimum absolute atomic E-state index is 0.00885. The van der Waals surface area contributed by atoms with Crippen LogP contribution in [0.2, 0.25) is 0 Å². The third-order valence-corrected chi connectivity index (χ3v) is 4.42. The predicted octanol–water partition coefficient (Wildman–Crippen LogP) is 2.47. The molecule has 3 amide bonds. The fourth-order valence-electron chi connectivity index (χ4n) is 2.01. The van der Waals surface area contributed by atoms with Crippen molar-refractivity contribution in [3.05, 3.63) is 18.2 Å². The summed E-state index contributed by atoms with van der Waals surface area (Å²) >= 11 is 1.04. The molecule has 1 atom stereocenters. The number of ether oxygens (including phenoxy) is 2. The zero-order chi connectivity index (χ0) is 19.8. The molecule has 0 fully saturated rings. The lowest BCUT2D eigenvalue weighted by Gasteiger charge is -2.11. The molecule has 1 aromatic heterocycles. The van der Waals surface area contributed by atoms with E-state index in [-0.39, 0.29) is 22.9 Å². The number of nitrogens with one attached hydrogen (secondary N) is 2. The van der Waals surface area contributed by atoms with Gasteiger partial charge in [0.15, 0.2) is 11.5 Å². The molecular formula is C17H22N4O5S. The molecule has 0 aliphatic rings. The van der Waals surface area contributed by atoms with E-state index in [4.69, 9.17) is 13.9 Å². The summed E-state index contributed by atoms with van der Waals surface area (Å²) in [6, 6.07) is 4.67. The maximum Gasteiger partial charge on any atom is 0.321 e. The minimum Gasteiger partial charge on any atom is -0.493 e. The van der Waals surface area contributed by atoms with Crippen LogP contribution in [0.4, 0.5) is 4.79 Å². The lowest BCUT2D eigenvalue weighted by Crippen LogP contribution is -2.43. The van der Waals surface area contributed by atoms with Crippen molar-refractivity contribution in [2.24, 2.45) is 0 Å². The Balaban J connectivity index is 1.92. The van der Waals surface area contributed by atoms with Crippen molar-refractivity contribution in [2.75, 3.05) is 20.0 Å². The van der Waals surface area contributed by atoms with Gasteiger partial charge in [0.1, 0.15) is 0 Å². The monoisotopic (exact) mass is 394 g/mol. The molecule has 9 nitrogen and oxygen atoms in total. The van der Waals surface area contributed by atoms with Crippen LogP contribution >= 0.6 is 11.8 Å². The van der Waals surface area contributed by atoms with E-state index in [1.54, 1.807) is 25.3 Å². The van der Waals surface area contributed by atoms with Gasteiger partial charge in [-0.15, -0.1) is 10.2 Å². The van der Waals surface area contributed by atoms with Gasteiger partial charge in [-0.3, -0.25) is 10.1 Å². The van der Waals surface area contributed by atoms with Gasteiger partial charge in [-0.1, -0.05) is 18.7 Å².